The lowest BCUT2D eigenvalue weighted by atomic mass is 10.00. The summed E-state index contributed by atoms with van der Waals surface area (Å²) in [5.41, 5.74) is 1.30. The molecule has 1 fully saturated rings. The first-order valence-electron chi connectivity index (χ1n) is 8.32. The van der Waals surface area contributed by atoms with Crippen molar-refractivity contribution in [2.24, 2.45) is 0 Å². The zero-order chi connectivity index (χ0) is 15.9. The lowest BCUT2D eigenvalue weighted by Gasteiger charge is -2.30. The van der Waals surface area contributed by atoms with Crippen LogP contribution in [-0.4, -0.2) is 31.1 Å². The number of amides is 1. The van der Waals surface area contributed by atoms with Crippen molar-refractivity contribution in [3.63, 3.8) is 0 Å². The molecule has 0 aromatic heterocycles. The van der Waals surface area contributed by atoms with Crippen LogP contribution in [0.25, 0.3) is 0 Å². The third-order valence-electron chi connectivity index (χ3n) is 4.25. The molecule has 0 aliphatic carbocycles. The first kappa shape index (κ1) is 16.8. The van der Waals surface area contributed by atoms with Gasteiger partial charge in [-0.25, -0.2) is 0 Å². The SMILES string of the molecule is CC(C)c1ccc(OCCC(=O)NC2CCCNC2C)cc1. The summed E-state index contributed by atoms with van der Waals surface area (Å²) in [6, 6.07) is 8.69. The summed E-state index contributed by atoms with van der Waals surface area (Å²) in [5.74, 6) is 1.41. The Hall–Kier alpha value is -1.55. The molecule has 0 bridgehead atoms. The van der Waals surface area contributed by atoms with Gasteiger partial charge in [-0.05, 0) is 49.9 Å². The number of piperidine rings is 1. The van der Waals surface area contributed by atoms with Crippen molar-refractivity contribution in [1.29, 1.82) is 0 Å². The van der Waals surface area contributed by atoms with Crippen LogP contribution in [0.2, 0.25) is 0 Å². The van der Waals surface area contributed by atoms with E-state index in [-0.39, 0.29) is 11.9 Å². The van der Waals surface area contributed by atoms with Crippen molar-refractivity contribution in [2.75, 3.05) is 13.2 Å². The quantitative estimate of drug-likeness (QED) is 0.849. The fourth-order valence-corrected chi connectivity index (χ4v) is 2.73. The third-order valence-corrected chi connectivity index (χ3v) is 4.25. The van der Waals surface area contributed by atoms with Gasteiger partial charge in [0.15, 0.2) is 0 Å². The van der Waals surface area contributed by atoms with E-state index in [2.05, 4.69) is 43.5 Å². The molecular weight excluding hydrogens is 276 g/mol. The molecule has 0 radical (unpaired) electrons. The molecule has 0 spiro atoms. The van der Waals surface area contributed by atoms with E-state index in [9.17, 15) is 4.79 Å². The number of carbonyl (C=O) groups excluding carboxylic acids is 1. The highest BCUT2D eigenvalue weighted by molar-refractivity contribution is 5.76. The Morgan fingerprint density at radius 3 is 2.73 bits per heavy atom. The average Bonchev–Trinajstić information content (AvgIpc) is 2.50. The van der Waals surface area contributed by atoms with E-state index in [0.717, 1.165) is 25.1 Å². The highest BCUT2D eigenvalue weighted by Gasteiger charge is 2.22. The van der Waals surface area contributed by atoms with Crippen LogP contribution in [0.4, 0.5) is 0 Å². The Balaban J connectivity index is 1.70. The Bertz CT molecular complexity index is 470. The van der Waals surface area contributed by atoms with E-state index in [1.54, 1.807) is 0 Å². The van der Waals surface area contributed by atoms with Gasteiger partial charge in [0.25, 0.3) is 0 Å². The van der Waals surface area contributed by atoms with E-state index >= 15 is 0 Å². The Kier molecular flexibility index (Phi) is 6.25. The summed E-state index contributed by atoms with van der Waals surface area (Å²) < 4.78 is 5.65. The van der Waals surface area contributed by atoms with Gasteiger partial charge in [0, 0.05) is 12.1 Å². The molecular formula is C18H28N2O2. The second-order valence-corrected chi connectivity index (χ2v) is 6.38. The predicted octanol–water partition coefficient (Wildman–Crippen LogP) is 2.84. The molecule has 4 heteroatoms. The Morgan fingerprint density at radius 2 is 2.09 bits per heavy atom. The van der Waals surface area contributed by atoms with Crippen LogP contribution in [-0.2, 0) is 4.79 Å². The summed E-state index contributed by atoms with van der Waals surface area (Å²) in [6.07, 6.45) is 2.57. The number of nitrogens with one attached hydrogen (secondary N) is 2. The summed E-state index contributed by atoms with van der Waals surface area (Å²) >= 11 is 0. The molecule has 1 amide bonds. The Labute approximate surface area is 133 Å². The molecule has 1 heterocycles. The number of hydrogen-bond donors (Lipinski definition) is 2. The van der Waals surface area contributed by atoms with Gasteiger partial charge in [0.2, 0.25) is 5.91 Å². The van der Waals surface area contributed by atoms with Crippen LogP contribution in [0.3, 0.4) is 0 Å². The molecule has 0 saturated carbocycles. The minimum absolute atomic E-state index is 0.0688. The number of hydrogen-bond acceptors (Lipinski definition) is 3. The normalized spacial score (nSPS) is 21.6. The van der Waals surface area contributed by atoms with E-state index in [1.807, 2.05) is 12.1 Å². The lowest BCUT2D eigenvalue weighted by molar-refractivity contribution is -0.122. The molecule has 4 nitrogen and oxygen atoms in total. The van der Waals surface area contributed by atoms with Crippen LogP contribution in [0.1, 0.15) is 51.5 Å². The highest BCUT2D eigenvalue weighted by Crippen LogP contribution is 2.18. The molecule has 1 aliphatic heterocycles. The molecule has 2 N–H and O–H groups in total. The Morgan fingerprint density at radius 1 is 1.36 bits per heavy atom. The maximum absolute atomic E-state index is 12.0. The smallest absolute Gasteiger partial charge is 0.223 e. The fourth-order valence-electron chi connectivity index (χ4n) is 2.73. The molecule has 1 aromatic rings. The molecule has 1 aliphatic rings. The van der Waals surface area contributed by atoms with Gasteiger partial charge < -0.3 is 15.4 Å². The van der Waals surface area contributed by atoms with E-state index in [1.165, 1.54) is 5.56 Å². The third kappa shape index (κ3) is 5.02. The molecule has 2 atom stereocenters. The zero-order valence-corrected chi connectivity index (χ0v) is 13.9. The van der Waals surface area contributed by atoms with Gasteiger partial charge in [0.05, 0.1) is 13.0 Å². The molecule has 2 rings (SSSR count). The van der Waals surface area contributed by atoms with Gasteiger partial charge >= 0.3 is 0 Å². The maximum atomic E-state index is 12.0. The number of benzene rings is 1. The van der Waals surface area contributed by atoms with Gasteiger partial charge in [-0.15, -0.1) is 0 Å². The summed E-state index contributed by atoms with van der Waals surface area (Å²) in [4.78, 5) is 12.0. The average molecular weight is 304 g/mol. The minimum Gasteiger partial charge on any atom is -0.493 e. The van der Waals surface area contributed by atoms with Gasteiger partial charge in [-0.3, -0.25) is 4.79 Å². The van der Waals surface area contributed by atoms with Crippen molar-refractivity contribution < 1.29 is 9.53 Å². The molecule has 122 valence electrons. The number of rotatable bonds is 6. The zero-order valence-electron chi connectivity index (χ0n) is 13.9. The standard InChI is InChI=1S/C18H28N2O2/c1-13(2)15-6-8-16(9-7-15)22-12-10-18(21)20-17-5-4-11-19-14(17)3/h6-9,13-14,17,19H,4-5,10-12H2,1-3H3,(H,20,21). The van der Waals surface area contributed by atoms with Gasteiger partial charge in [0.1, 0.15) is 5.75 Å². The second-order valence-electron chi connectivity index (χ2n) is 6.38. The highest BCUT2D eigenvalue weighted by atomic mass is 16.5. The van der Waals surface area contributed by atoms with Crippen molar-refractivity contribution in [1.82, 2.24) is 10.6 Å². The van der Waals surface area contributed by atoms with E-state index in [0.29, 0.717) is 25.0 Å². The van der Waals surface area contributed by atoms with Crippen molar-refractivity contribution in [3.05, 3.63) is 29.8 Å². The fraction of sp³-hybridized carbons (Fsp3) is 0.611. The lowest BCUT2D eigenvalue weighted by Crippen LogP contribution is -2.52. The van der Waals surface area contributed by atoms with E-state index in [4.69, 9.17) is 4.74 Å². The van der Waals surface area contributed by atoms with Crippen molar-refractivity contribution in [2.45, 2.75) is 58.0 Å². The second kappa shape index (κ2) is 8.18. The van der Waals surface area contributed by atoms with Crippen LogP contribution >= 0.6 is 0 Å². The van der Waals surface area contributed by atoms with E-state index < -0.39 is 0 Å². The summed E-state index contributed by atoms with van der Waals surface area (Å²) in [7, 11) is 0. The molecule has 1 aromatic carbocycles. The first-order valence-corrected chi connectivity index (χ1v) is 8.32. The molecule has 1 saturated heterocycles. The number of ether oxygens (including phenoxy) is 1. The van der Waals surface area contributed by atoms with Crippen LogP contribution < -0.4 is 15.4 Å². The van der Waals surface area contributed by atoms with Crippen molar-refractivity contribution >= 4 is 5.91 Å². The topological polar surface area (TPSA) is 50.4 Å². The molecule has 2 unspecified atom stereocenters. The van der Waals surface area contributed by atoms with Crippen LogP contribution in [0.15, 0.2) is 24.3 Å². The van der Waals surface area contributed by atoms with Crippen LogP contribution in [0, 0.1) is 0 Å². The first-order chi connectivity index (χ1) is 10.6. The minimum atomic E-state index is 0.0688. The molecule has 22 heavy (non-hydrogen) atoms. The van der Waals surface area contributed by atoms with Crippen molar-refractivity contribution in [3.8, 4) is 5.75 Å². The predicted molar refractivity (Wildman–Crippen MR) is 89.3 cm³/mol. The summed E-state index contributed by atoms with van der Waals surface area (Å²) in [5, 5.41) is 6.49. The monoisotopic (exact) mass is 304 g/mol. The number of carbonyl (C=O) groups is 1. The summed E-state index contributed by atoms with van der Waals surface area (Å²) in [6.45, 7) is 7.92. The van der Waals surface area contributed by atoms with Gasteiger partial charge in [-0.2, -0.15) is 0 Å². The maximum Gasteiger partial charge on any atom is 0.223 e. The van der Waals surface area contributed by atoms with Gasteiger partial charge in [-0.1, -0.05) is 26.0 Å². The van der Waals surface area contributed by atoms with Crippen LogP contribution in [0.5, 0.6) is 5.75 Å². The largest absolute Gasteiger partial charge is 0.493 e.